The number of halogens is 3. The van der Waals surface area contributed by atoms with Crippen LogP contribution >= 0.6 is 0 Å². The van der Waals surface area contributed by atoms with Crippen molar-refractivity contribution in [1.29, 1.82) is 0 Å². The van der Waals surface area contributed by atoms with E-state index in [1.165, 1.54) is 37.7 Å². The van der Waals surface area contributed by atoms with Gasteiger partial charge in [-0.25, -0.2) is 18.2 Å². The summed E-state index contributed by atoms with van der Waals surface area (Å²) < 4.78 is 55.2. The zero-order valence-corrected chi connectivity index (χ0v) is 22.6. The van der Waals surface area contributed by atoms with Gasteiger partial charge in [0.05, 0.1) is 24.4 Å². The van der Waals surface area contributed by atoms with Crippen molar-refractivity contribution in [1.82, 2.24) is 14.5 Å². The van der Waals surface area contributed by atoms with Crippen molar-refractivity contribution < 1.29 is 27.4 Å². The van der Waals surface area contributed by atoms with Gasteiger partial charge in [0, 0.05) is 48.7 Å². The molecule has 0 aliphatic carbocycles. The minimum Gasteiger partial charge on any atom is -0.495 e. The van der Waals surface area contributed by atoms with E-state index in [0.29, 0.717) is 33.7 Å². The quantitative estimate of drug-likeness (QED) is 0.219. The lowest BCUT2D eigenvalue weighted by molar-refractivity contribution is 0.0990. The van der Waals surface area contributed by atoms with Crippen LogP contribution in [-0.2, 0) is 13.5 Å². The molecular formula is C31H24F3N3O4. The van der Waals surface area contributed by atoms with Gasteiger partial charge in [0.15, 0.2) is 34.7 Å². The summed E-state index contributed by atoms with van der Waals surface area (Å²) in [5.74, 6) is -2.71. The summed E-state index contributed by atoms with van der Waals surface area (Å²) in [6.07, 6.45) is 2.73. The first-order valence-electron chi connectivity index (χ1n) is 12.5. The summed E-state index contributed by atoms with van der Waals surface area (Å²) in [5.41, 5.74) is 1.64. The fourth-order valence-electron chi connectivity index (χ4n) is 4.67. The molecule has 5 aromatic rings. The molecule has 0 radical (unpaired) electrons. The summed E-state index contributed by atoms with van der Waals surface area (Å²) in [5, 5.41) is 0. The number of ether oxygens (including phenoxy) is 2. The number of rotatable bonds is 7. The maximum atomic E-state index is 15.1. The van der Waals surface area contributed by atoms with Crippen LogP contribution in [-0.4, -0.2) is 27.4 Å². The molecule has 0 N–H and O–H groups in total. The number of ketones is 1. The molecule has 2 aromatic carbocycles. The van der Waals surface area contributed by atoms with Gasteiger partial charge >= 0.3 is 0 Å². The average molecular weight is 560 g/mol. The van der Waals surface area contributed by atoms with E-state index in [-0.39, 0.29) is 34.6 Å². The molecule has 0 saturated heterocycles. The van der Waals surface area contributed by atoms with E-state index < -0.39 is 28.7 Å². The Labute approximate surface area is 232 Å². The van der Waals surface area contributed by atoms with Crippen LogP contribution in [0.3, 0.4) is 0 Å². The standard InChI is InChI=1S/C31H24F3N3O4/c1-16-28(19-6-7-21(32)22(33)13-19)31(39)29(17(2)37(16)3)25(38)12-18-5-8-26(23(34)11-18)41-27-9-10-35-24-14-20(40-4)15-36-30(24)27/h5-11,13-15H,12H2,1-4H3. The Bertz CT molecular complexity index is 1900. The minimum atomic E-state index is -1.11. The summed E-state index contributed by atoms with van der Waals surface area (Å²) in [7, 11) is 3.18. The maximum absolute atomic E-state index is 15.1. The van der Waals surface area contributed by atoms with Gasteiger partial charge in [-0.15, -0.1) is 0 Å². The maximum Gasteiger partial charge on any atom is 0.200 e. The molecule has 10 heteroatoms. The predicted molar refractivity (Wildman–Crippen MR) is 147 cm³/mol. The van der Waals surface area contributed by atoms with E-state index in [0.717, 1.165) is 18.2 Å². The van der Waals surface area contributed by atoms with Gasteiger partial charge in [-0.1, -0.05) is 12.1 Å². The fourth-order valence-corrected chi connectivity index (χ4v) is 4.67. The first-order valence-corrected chi connectivity index (χ1v) is 12.5. The average Bonchev–Trinajstić information content (AvgIpc) is 2.95. The molecule has 0 amide bonds. The number of hydrogen-bond acceptors (Lipinski definition) is 6. The number of pyridine rings is 3. The Hall–Kier alpha value is -4.99. The van der Waals surface area contributed by atoms with Gasteiger partial charge in [0.2, 0.25) is 5.43 Å². The number of fused-ring (bicyclic) bond motifs is 1. The third kappa shape index (κ3) is 5.16. The second kappa shape index (κ2) is 10.9. The first-order chi connectivity index (χ1) is 19.6. The molecule has 3 aromatic heterocycles. The van der Waals surface area contributed by atoms with Crippen LogP contribution in [0.4, 0.5) is 13.2 Å². The number of aromatic nitrogens is 3. The van der Waals surface area contributed by atoms with Crippen LogP contribution in [0, 0.1) is 31.3 Å². The van der Waals surface area contributed by atoms with Crippen molar-refractivity contribution in [3.63, 3.8) is 0 Å². The number of methoxy groups -OCH3 is 1. The van der Waals surface area contributed by atoms with Gasteiger partial charge < -0.3 is 14.0 Å². The predicted octanol–water partition coefficient (Wildman–Crippen LogP) is 6.26. The Balaban J connectivity index is 1.45. The molecule has 0 fully saturated rings. The molecule has 3 heterocycles. The molecule has 5 rings (SSSR count). The van der Waals surface area contributed by atoms with Crippen LogP contribution < -0.4 is 14.9 Å². The molecule has 0 atom stereocenters. The molecule has 0 bridgehead atoms. The molecule has 41 heavy (non-hydrogen) atoms. The van der Waals surface area contributed by atoms with Crippen LogP contribution in [0.15, 0.2) is 65.7 Å². The third-order valence-electron chi connectivity index (χ3n) is 7.00. The second-order valence-corrected chi connectivity index (χ2v) is 9.46. The zero-order chi connectivity index (χ0) is 29.4. The second-order valence-electron chi connectivity index (χ2n) is 9.46. The van der Waals surface area contributed by atoms with Crippen molar-refractivity contribution in [2.45, 2.75) is 20.3 Å². The topological polar surface area (TPSA) is 83.3 Å². The van der Waals surface area contributed by atoms with Crippen LogP contribution in [0.25, 0.3) is 22.2 Å². The zero-order valence-electron chi connectivity index (χ0n) is 22.6. The number of Topliss-reactive ketones (excluding diaryl/α,β-unsaturated/α-hetero) is 1. The Morgan fingerprint density at radius 2 is 1.68 bits per heavy atom. The molecule has 0 aliphatic heterocycles. The Morgan fingerprint density at radius 3 is 2.39 bits per heavy atom. The Morgan fingerprint density at radius 1 is 0.902 bits per heavy atom. The number of nitrogens with zero attached hydrogens (tertiary/aromatic N) is 3. The van der Waals surface area contributed by atoms with Crippen molar-refractivity contribution in [2.24, 2.45) is 7.05 Å². The summed E-state index contributed by atoms with van der Waals surface area (Å²) in [6, 6.07) is 10.5. The molecule has 208 valence electrons. The van der Waals surface area contributed by atoms with Gasteiger partial charge in [-0.2, -0.15) is 0 Å². The van der Waals surface area contributed by atoms with Crippen molar-refractivity contribution >= 4 is 16.8 Å². The Kier molecular flexibility index (Phi) is 7.32. The highest BCUT2D eigenvalue weighted by Crippen LogP contribution is 2.31. The third-order valence-corrected chi connectivity index (χ3v) is 7.00. The van der Waals surface area contributed by atoms with Gasteiger partial charge in [0.1, 0.15) is 11.3 Å². The van der Waals surface area contributed by atoms with E-state index in [4.69, 9.17) is 9.47 Å². The fraction of sp³-hybridized carbons (Fsp3) is 0.161. The van der Waals surface area contributed by atoms with E-state index in [1.54, 1.807) is 37.6 Å². The largest absolute Gasteiger partial charge is 0.495 e. The first kappa shape index (κ1) is 27.6. The molecule has 0 spiro atoms. The van der Waals surface area contributed by atoms with E-state index >= 15 is 4.39 Å². The molecule has 7 nitrogen and oxygen atoms in total. The summed E-state index contributed by atoms with van der Waals surface area (Å²) >= 11 is 0. The normalized spacial score (nSPS) is 11.1. The highest BCUT2D eigenvalue weighted by molar-refractivity contribution is 5.99. The number of carbonyl (C=O) groups is 1. The number of hydrogen-bond donors (Lipinski definition) is 0. The van der Waals surface area contributed by atoms with E-state index in [9.17, 15) is 18.4 Å². The minimum absolute atomic E-state index is 0.0885. The highest BCUT2D eigenvalue weighted by atomic mass is 19.2. The van der Waals surface area contributed by atoms with E-state index in [1.807, 2.05) is 0 Å². The van der Waals surface area contributed by atoms with E-state index in [2.05, 4.69) is 9.97 Å². The summed E-state index contributed by atoms with van der Waals surface area (Å²) in [4.78, 5) is 35.4. The van der Waals surface area contributed by atoms with Gasteiger partial charge in [-0.05, 0) is 49.2 Å². The number of benzene rings is 2. The summed E-state index contributed by atoms with van der Waals surface area (Å²) in [6.45, 7) is 3.28. The van der Waals surface area contributed by atoms with Gasteiger partial charge in [0.25, 0.3) is 0 Å². The SMILES string of the molecule is COc1cnc2c(Oc3ccc(CC(=O)c4c(C)n(C)c(C)c(-c5ccc(F)c(F)c5)c4=O)cc3F)ccnc2c1. The smallest absolute Gasteiger partial charge is 0.200 e. The molecular weight excluding hydrogens is 535 g/mol. The lowest BCUT2D eigenvalue weighted by Crippen LogP contribution is -2.25. The lowest BCUT2D eigenvalue weighted by atomic mass is 9.95. The molecule has 0 aliphatic rings. The number of carbonyl (C=O) groups excluding carboxylic acids is 1. The van der Waals surface area contributed by atoms with Crippen molar-refractivity contribution in [3.8, 4) is 28.4 Å². The van der Waals surface area contributed by atoms with Crippen LogP contribution in [0.5, 0.6) is 17.2 Å². The van der Waals surface area contributed by atoms with Crippen molar-refractivity contribution in [2.75, 3.05) is 7.11 Å². The van der Waals surface area contributed by atoms with Crippen LogP contribution in [0.1, 0.15) is 27.3 Å². The van der Waals surface area contributed by atoms with Gasteiger partial charge in [-0.3, -0.25) is 14.6 Å². The lowest BCUT2D eigenvalue weighted by Gasteiger charge is -2.17. The van der Waals surface area contributed by atoms with Crippen LogP contribution in [0.2, 0.25) is 0 Å². The monoisotopic (exact) mass is 559 g/mol. The van der Waals surface area contributed by atoms with Crippen molar-refractivity contribution in [3.05, 3.63) is 111 Å². The molecule has 0 saturated carbocycles. The highest BCUT2D eigenvalue weighted by Gasteiger charge is 2.23. The molecule has 0 unspecified atom stereocenters.